The maximum Gasteiger partial charge on any atom is 0.272 e. The third-order valence-corrected chi connectivity index (χ3v) is 5.74. The maximum atomic E-state index is 12.9. The Kier molecular flexibility index (Phi) is 6.03. The average Bonchev–Trinajstić information content (AvgIpc) is 3.38. The molecule has 9 heteroatoms. The van der Waals surface area contributed by atoms with E-state index in [0.29, 0.717) is 47.5 Å². The van der Waals surface area contributed by atoms with E-state index < -0.39 is 0 Å². The van der Waals surface area contributed by atoms with Crippen LogP contribution in [0.15, 0.2) is 40.5 Å². The van der Waals surface area contributed by atoms with Crippen LogP contribution in [-0.4, -0.2) is 31.7 Å². The molecule has 4 rings (SSSR count). The molecular formula is C22H25N5O3S. The Morgan fingerprint density at radius 1 is 1.19 bits per heavy atom. The third-order valence-electron chi connectivity index (χ3n) is 4.85. The molecule has 3 heterocycles. The molecule has 0 atom stereocenters. The number of carbonyl (C=O) groups is 1. The van der Waals surface area contributed by atoms with Gasteiger partial charge < -0.3 is 10.1 Å². The maximum absolute atomic E-state index is 12.9. The molecule has 4 aromatic rings. The first kappa shape index (κ1) is 21.0. The summed E-state index contributed by atoms with van der Waals surface area (Å²) < 4.78 is 9.68. The van der Waals surface area contributed by atoms with Crippen molar-refractivity contribution < 1.29 is 9.53 Å². The number of aromatic nitrogens is 4. The highest BCUT2D eigenvalue weighted by Gasteiger charge is 2.18. The Morgan fingerprint density at radius 2 is 1.97 bits per heavy atom. The van der Waals surface area contributed by atoms with Gasteiger partial charge in [-0.3, -0.25) is 18.6 Å². The lowest BCUT2D eigenvalue weighted by Crippen LogP contribution is -2.24. The van der Waals surface area contributed by atoms with Crippen molar-refractivity contribution >= 4 is 38.9 Å². The van der Waals surface area contributed by atoms with Gasteiger partial charge >= 0.3 is 0 Å². The van der Waals surface area contributed by atoms with Crippen molar-refractivity contribution in [1.29, 1.82) is 0 Å². The van der Waals surface area contributed by atoms with Crippen LogP contribution in [0.1, 0.15) is 33.0 Å². The Bertz CT molecular complexity index is 1270. The summed E-state index contributed by atoms with van der Waals surface area (Å²) in [5, 5.41) is 13.4. The Morgan fingerprint density at radius 3 is 2.68 bits per heavy atom. The van der Waals surface area contributed by atoms with Crippen molar-refractivity contribution in [3.05, 3.63) is 51.9 Å². The number of nitrogens with one attached hydrogen (secondary N) is 1. The summed E-state index contributed by atoms with van der Waals surface area (Å²) in [6.45, 7) is 7.21. The highest BCUT2D eigenvalue weighted by Crippen LogP contribution is 2.21. The Hall–Kier alpha value is -3.20. The van der Waals surface area contributed by atoms with Gasteiger partial charge in [-0.1, -0.05) is 13.8 Å². The molecule has 0 saturated heterocycles. The summed E-state index contributed by atoms with van der Waals surface area (Å²) in [6, 6.07) is 9.18. The van der Waals surface area contributed by atoms with Gasteiger partial charge in [-0.15, -0.1) is 21.5 Å². The molecule has 1 amide bonds. The normalized spacial score (nSPS) is 11.5. The molecule has 0 unspecified atom stereocenters. The molecule has 8 nitrogen and oxygen atoms in total. The number of amides is 1. The zero-order valence-electron chi connectivity index (χ0n) is 17.8. The van der Waals surface area contributed by atoms with Gasteiger partial charge in [0.25, 0.3) is 5.56 Å². The number of fused-ring (bicyclic) bond motifs is 3. The summed E-state index contributed by atoms with van der Waals surface area (Å²) in [7, 11) is 0. The number of thiophene rings is 1. The number of hydrogen-bond donors (Lipinski definition) is 1. The fourth-order valence-electron chi connectivity index (χ4n) is 3.52. The van der Waals surface area contributed by atoms with Crippen LogP contribution in [0.5, 0.6) is 5.75 Å². The molecular weight excluding hydrogens is 414 g/mol. The van der Waals surface area contributed by atoms with Gasteiger partial charge in [0.1, 0.15) is 16.3 Å². The molecule has 31 heavy (non-hydrogen) atoms. The van der Waals surface area contributed by atoms with E-state index in [2.05, 4.69) is 29.4 Å². The van der Waals surface area contributed by atoms with E-state index >= 15 is 0 Å². The van der Waals surface area contributed by atoms with Crippen LogP contribution in [0, 0.1) is 5.92 Å². The van der Waals surface area contributed by atoms with Crippen LogP contribution in [-0.2, 0) is 17.8 Å². The van der Waals surface area contributed by atoms with Gasteiger partial charge in [0.15, 0.2) is 0 Å². The van der Waals surface area contributed by atoms with E-state index in [1.54, 1.807) is 4.57 Å². The predicted molar refractivity (Wildman–Crippen MR) is 122 cm³/mol. The molecule has 162 valence electrons. The number of benzene rings is 1. The summed E-state index contributed by atoms with van der Waals surface area (Å²) in [5.41, 5.74) is 1.46. The van der Waals surface area contributed by atoms with Crippen molar-refractivity contribution in [2.24, 2.45) is 5.92 Å². The van der Waals surface area contributed by atoms with Crippen LogP contribution in [0.3, 0.4) is 0 Å². The van der Waals surface area contributed by atoms with Gasteiger partial charge in [0.05, 0.1) is 12.1 Å². The summed E-state index contributed by atoms with van der Waals surface area (Å²) in [6.07, 6.45) is 0.664. The number of carbonyl (C=O) groups excluding carboxylic acids is 1. The van der Waals surface area contributed by atoms with Crippen LogP contribution >= 0.6 is 11.3 Å². The standard InChI is InChI=1S/C22H25N5O3S/c1-4-30-16-7-5-15(6-8-16)23-19(28)10-9-18-24-25-22-26(13-14(2)3)21(29)20-17(27(18)22)11-12-31-20/h5-8,11-12,14H,4,9-10,13H2,1-3H3,(H,23,28). The Balaban J connectivity index is 1.55. The fourth-order valence-corrected chi connectivity index (χ4v) is 4.35. The second kappa shape index (κ2) is 8.89. The minimum atomic E-state index is -0.113. The molecule has 0 aliphatic heterocycles. The molecule has 1 aromatic carbocycles. The van der Waals surface area contributed by atoms with Crippen molar-refractivity contribution in [1.82, 2.24) is 19.2 Å². The largest absolute Gasteiger partial charge is 0.494 e. The summed E-state index contributed by atoms with van der Waals surface area (Å²) in [4.78, 5) is 25.4. The van der Waals surface area contributed by atoms with Crippen LogP contribution in [0.4, 0.5) is 5.69 Å². The zero-order valence-corrected chi connectivity index (χ0v) is 18.6. The van der Waals surface area contributed by atoms with Gasteiger partial charge in [0.2, 0.25) is 11.7 Å². The first-order valence-electron chi connectivity index (χ1n) is 10.3. The van der Waals surface area contributed by atoms with E-state index in [-0.39, 0.29) is 17.9 Å². The number of hydrogen-bond acceptors (Lipinski definition) is 6. The third kappa shape index (κ3) is 4.32. The quantitative estimate of drug-likeness (QED) is 0.452. The van der Waals surface area contributed by atoms with Crippen molar-refractivity contribution in [3.8, 4) is 5.75 Å². The van der Waals surface area contributed by atoms with E-state index in [9.17, 15) is 9.59 Å². The summed E-state index contributed by atoms with van der Waals surface area (Å²) in [5.74, 6) is 2.13. The van der Waals surface area contributed by atoms with Gasteiger partial charge in [-0.2, -0.15) is 0 Å². The highest BCUT2D eigenvalue weighted by atomic mass is 32.1. The molecule has 0 aliphatic carbocycles. The van der Waals surface area contributed by atoms with Gasteiger partial charge in [-0.05, 0) is 48.6 Å². The van der Waals surface area contributed by atoms with Crippen molar-refractivity contribution in [2.45, 2.75) is 40.2 Å². The second-order valence-electron chi connectivity index (χ2n) is 7.70. The van der Waals surface area contributed by atoms with Crippen molar-refractivity contribution in [3.63, 3.8) is 0 Å². The van der Waals surface area contributed by atoms with Crippen molar-refractivity contribution in [2.75, 3.05) is 11.9 Å². The van der Waals surface area contributed by atoms with Crippen LogP contribution < -0.4 is 15.6 Å². The first-order valence-corrected chi connectivity index (χ1v) is 11.2. The number of aryl methyl sites for hydroxylation is 1. The SMILES string of the molecule is CCOc1ccc(NC(=O)CCc2nnc3n(CC(C)C)c(=O)c4sccc4n23)cc1. The second-order valence-corrected chi connectivity index (χ2v) is 8.62. The molecule has 0 fully saturated rings. The summed E-state index contributed by atoms with van der Waals surface area (Å²) >= 11 is 1.41. The number of ether oxygens (including phenoxy) is 1. The smallest absolute Gasteiger partial charge is 0.272 e. The fraction of sp³-hybridized carbons (Fsp3) is 0.364. The zero-order chi connectivity index (χ0) is 22.0. The lowest BCUT2D eigenvalue weighted by atomic mass is 10.2. The van der Waals surface area contributed by atoms with Crippen LogP contribution in [0.25, 0.3) is 16.0 Å². The topological polar surface area (TPSA) is 90.5 Å². The van der Waals surface area contributed by atoms with E-state index in [4.69, 9.17) is 4.74 Å². The lowest BCUT2D eigenvalue weighted by molar-refractivity contribution is -0.116. The molecule has 0 spiro atoms. The molecule has 0 radical (unpaired) electrons. The number of rotatable bonds is 8. The number of anilines is 1. The highest BCUT2D eigenvalue weighted by molar-refractivity contribution is 7.17. The monoisotopic (exact) mass is 439 g/mol. The number of nitrogens with zero attached hydrogens (tertiary/aromatic N) is 4. The minimum Gasteiger partial charge on any atom is -0.494 e. The van der Waals surface area contributed by atoms with E-state index in [1.165, 1.54) is 11.3 Å². The average molecular weight is 440 g/mol. The van der Waals surface area contributed by atoms with Gasteiger partial charge in [0, 0.05) is 25.1 Å². The molecule has 0 saturated carbocycles. The molecule has 0 bridgehead atoms. The van der Waals surface area contributed by atoms with Crippen LogP contribution in [0.2, 0.25) is 0 Å². The Labute approximate surface area is 183 Å². The molecule has 0 aliphatic rings. The minimum absolute atomic E-state index is 0.0432. The first-order chi connectivity index (χ1) is 15.0. The molecule has 1 N–H and O–H groups in total. The van der Waals surface area contributed by atoms with Gasteiger partial charge in [-0.25, -0.2) is 0 Å². The van der Waals surface area contributed by atoms with E-state index in [1.807, 2.05) is 47.0 Å². The predicted octanol–water partition coefficient (Wildman–Crippen LogP) is 3.73. The van der Waals surface area contributed by atoms with E-state index in [0.717, 1.165) is 11.3 Å². The lowest BCUT2D eigenvalue weighted by Gasteiger charge is -2.11. The molecule has 3 aromatic heterocycles.